The number of halogens is 3. The Hall–Kier alpha value is -1.73. The van der Waals surface area contributed by atoms with Gasteiger partial charge in [0.2, 0.25) is 0 Å². The second-order valence-electron chi connectivity index (χ2n) is 3.66. The number of ether oxygens (including phenoxy) is 1. The number of nitrogens with one attached hydrogen (secondary N) is 1. The number of hydrogen-bond donors (Lipinski definition) is 2. The lowest BCUT2D eigenvalue weighted by Gasteiger charge is -2.27. The van der Waals surface area contributed by atoms with Crippen LogP contribution in [0.15, 0.2) is 0 Å². The summed E-state index contributed by atoms with van der Waals surface area (Å²) in [6.45, 7) is 2.34. The van der Waals surface area contributed by atoms with Crippen LogP contribution in [0.3, 0.4) is 0 Å². The van der Waals surface area contributed by atoms with Crippen LogP contribution in [0.25, 0.3) is 0 Å². The van der Waals surface area contributed by atoms with Gasteiger partial charge in [0.15, 0.2) is 5.60 Å². The van der Waals surface area contributed by atoms with Crippen LogP contribution in [0.5, 0.6) is 0 Å². The molecule has 108 valence electrons. The summed E-state index contributed by atoms with van der Waals surface area (Å²) < 4.78 is 42.1. The van der Waals surface area contributed by atoms with Gasteiger partial charge in [-0.2, -0.15) is 13.2 Å². The molecule has 0 heterocycles. The van der Waals surface area contributed by atoms with Gasteiger partial charge in [-0.1, -0.05) is 6.92 Å². The van der Waals surface area contributed by atoms with Crippen molar-refractivity contribution in [3.8, 4) is 0 Å². The molecule has 0 aromatic heterocycles. The van der Waals surface area contributed by atoms with Crippen LogP contribution in [0.1, 0.15) is 26.7 Å². The van der Waals surface area contributed by atoms with Crippen LogP contribution < -0.4 is 0 Å². The van der Waals surface area contributed by atoms with Gasteiger partial charge in [-0.05, 0) is 13.3 Å². The first-order valence-corrected chi connectivity index (χ1v) is 5.36. The summed E-state index contributed by atoms with van der Waals surface area (Å²) in [7, 11) is 0. The van der Waals surface area contributed by atoms with Crippen molar-refractivity contribution < 1.29 is 37.4 Å². The Morgan fingerprint density at radius 2 is 1.84 bits per heavy atom. The van der Waals surface area contributed by atoms with Gasteiger partial charge in [0.05, 0.1) is 23.3 Å². The van der Waals surface area contributed by atoms with E-state index in [-0.39, 0.29) is 6.61 Å². The van der Waals surface area contributed by atoms with Crippen molar-refractivity contribution in [3.63, 3.8) is 0 Å². The Bertz CT molecular complexity index is 415. The highest BCUT2D eigenvalue weighted by atomic mass is 19.4. The molecule has 0 radical (unpaired) electrons. The van der Waals surface area contributed by atoms with Gasteiger partial charge in [0.1, 0.15) is 0 Å². The summed E-state index contributed by atoms with van der Waals surface area (Å²) in [4.78, 5) is 25.3. The van der Waals surface area contributed by atoms with Gasteiger partial charge >= 0.3 is 17.9 Å². The maximum absolute atomic E-state index is 12.6. The molecule has 0 aromatic carbocycles. The summed E-state index contributed by atoms with van der Waals surface area (Å²) in [5.74, 6) is -2.68. The van der Waals surface area contributed by atoms with Crippen molar-refractivity contribution in [2.45, 2.75) is 38.5 Å². The number of carbonyl (C=O) groups is 2. The lowest BCUT2D eigenvalue weighted by Crippen LogP contribution is -2.48. The van der Waals surface area contributed by atoms with Crippen molar-refractivity contribution in [2.24, 2.45) is 0 Å². The van der Waals surface area contributed by atoms with Gasteiger partial charge in [-0.3, -0.25) is 4.79 Å². The maximum atomic E-state index is 12.6. The zero-order valence-corrected chi connectivity index (χ0v) is 10.4. The minimum atomic E-state index is -5.03. The standard InChI is InChI=1S/C10H14F3N2O4/c1-3-9(18,10(11,12)13)5-6(16)7(15-14)8(17)19-4-2/h14,18H,3-5H2,1-2H3/q+1. The van der Waals surface area contributed by atoms with Gasteiger partial charge in [-0.25, -0.2) is 4.79 Å². The molecule has 0 saturated carbocycles. The van der Waals surface area contributed by atoms with Crippen LogP contribution in [-0.2, 0) is 14.3 Å². The normalized spacial score (nSPS) is 14.2. The summed E-state index contributed by atoms with van der Waals surface area (Å²) >= 11 is 0. The van der Waals surface area contributed by atoms with E-state index in [1.165, 1.54) is 6.92 Å². The van der Waals surface area contributed by atoms with E-state index < -0.39 is 42.1 Å². The van der Waals surface area contributed by atoms with Crippen molar-refractivity contribution in [1.29, 1.82) is 5.53 Å². The second-order valence-corrected chi connectivity index (χ2v) is 3.66. The van der Waals surface area contributed by atoms with E-state index in [1.807, 2.05) is 0 Å². The molecule has 0 aliphatic carbocycles. The first-order valence-electron chi connectivity index (χ1n) is 5.36. The maximum Gasteiger partial charge on any atom is 0.490 e. The van der Waals surface area contributed by atoms with E-state index >= 15 is 0 Å². The number of hydrogen-bond acceptors (Lipinski definition) is 5. The Balaban J connectivity index is 5.14. The van der Waals surface area contributed by atoms with E-state index in [0.29, 0.717) is 0 Å². The third-order valence-corrected chi connectivity index (χ3v) is 2.41. The molecule has 0 saturated heterocycles. The van der Waals surface area contributed by atoms with Crippen molar-refractivity contribution >= 4 is 17.5 Å². The molecule has 1 unspecified atom stereocenters. The summed E-state index contributed by atoms with van der Waals surface area (Å²) in [6, 6.07) is 0. The Labute approximate surface area is 106 Å². The number of aliphatic hydroxyl groups is 1. The molecule has 6 nitrogen and oxygen atoms in total. The fourth-order valence-electron chi connectivity index (χ4n) is 1.20. The lowest BCUT2D eigenvalue weighted by atomic mass is 9.92. The van der Waals surface area contributed by atoms with Crippen molar-refractivity contribution in [1.82, 2.24) is 0 Å². The highest BCUT2D eigenvalue weighted by Crippen LogP contribution is 2.35. The largest absolute Gasteiger partial charge is 0.490 e. The van der Waals surface area contributed by atoms with Gasteiger partial charge < -0.3 is 9.84 Å². The number of alkyl halides is 3. The molecule has 0 aromatic rings. The lowest BCUT2D eigenvalue weighted by molar-refractivity contribution is -0.261. The molecule has 1 atom stereocenters. The van der Waals surface area contributed by atoms with Crippen LogP contribution in [0, 0.1) is 5.53 Å². The molecular formula is C10H14F3N2O4+. The minimum Gasteiger partial charge on any atom is -0.457 e. The third kappa shape index (κ3) is 4.15. The molecule has 0 aliphatic rings. The van der Waals surface area contributed by atoms with Crippen LogP contribution >= 0.6 is 0 Å². The predicted octanol–water partition coefficient (Wildman–Crippen LogP) is 0.892. The predicted molar refractivity (Wildman–Crippen MR) is 55.5 cm³/mol. The zero-order chi connectivity index (χ0) is 15.3. The first-order chi connectivity index (χ1) is 8.62. The quantitative estimate of drug-likeness (QED) is 0.248. The Morgan fingerprint density at radius 3 is 2.16 bits per heavy atom. The fraction of sp³-hybridized carbons (Fsp3) is 0.700. The van der Waals surface area contributed by atoms with Crippen molar-refractivity contribution in [3.05, 3.63) is 0 Å². The van der Waals surface area contributed by atoms with Gasteiger partial charge in [0.25, 0.3) is 5.78 Å². The van der Waals surface area contributed by atoms with E-state index in [0.717, 1.165) is 6.92 Å². The molecule has 2 N–H and O–H groups in total. The topological polar surface area (TPSA) is 102 Å². The summed E-state index contributed by atoms with van der Waals surface area (Å²) in [5, 5.41) is 9.37. The number of carbonyl (C=O) groups excluding carboxylic acids is 2. The Morgan fingerprint density at radius 1 is 1.32 bits per heavy atom. The molecule has 0 aliphatic heterocycles. The van der Waals surface area contributed by atoms with Crippen LogP contribution in [0.4, 0.5) is 13.2 Å². The van der Waals surface area contributed by atoms with Crippen LogP contribution in [0.2, 0.25) is 0 Å². The SMILES string of the molecule is CCOC(=O)C(=[N+]=N)C(=O)CC(O)(CC)C(F)(F)F. The smallest absolute Gasteiger partial charge is 0.457 e. The number of ketones is 1. The van der Waals surface area contributed by atoms with Crippen LogP contribution in [-0.4, -0.2) is 45.7 Å². The minimum absolute atomic E-state index is 0.123. The highest BCUT2D eigenvalue weighted by Gasteiger charge is 2.55. The monoisotopic (exact) mass is 283 g/mol. The highest BCUT2D eigenvalue weighted by molar-refractivity contribution is 6.62. The molecule has 0 spiro atoms. The summed E-state index contributed by atoms with van der Waals surface area (Å²) in [6.07, 6.45) is -7.18. The number of esters is 1. The molecule has 19 heavy (non-hydrogen) atoms. The van der Waals surface area contributed by atoms with Crippen molar-refractivity contribution in [2.75, 3.05) is 6.61 Å². The second kappa shape index (κ2) is 6.44. The number of rotatable bonds is 6. The van der Waals surface area contributed by atoms with E-state index in [1.54, 1.807) is 0 Å². The Kier molecular flexibility index (Phi) is 5.85. The number of Topliss-reactive ketones (excluding diaryl/α,β-unsaturated/α-hetero) is 1. The fourth-order valence-corrected chi connectivity index (χ4v) is 1.20. The van der Waals surface area contributed by atoms with E-state index in [2.05, 4.69) is 9.53 Å². The first kappa shape index (κ1) is 17.3. The molecule has 0 rings (SSSR count). The zero-order valence-electron chi connectivity index (χ0n) is 10.4. The molecule has 0 fully saturated rings. The molecular weight excluding hydrogens is 269 g/mol. The molecule has 0 bridgehead atoms. The van der Waals surface area contributed by atoms with E-state index in [4.69, 9.17) is 5.53 Å². The average molecular weight is 283 g/mol. The van der Waals surface area contributed by atoms with Gasteiger partial charge in [-0.15, -0.1) is 0 Å². The van der Waals surface area contributed by atoms with Gasteiger partial charge in [0, 0.05) is 0 Å². The average Bonchev–Trinajstić information content (AvgIpc) is 2.28. The molecule has 9 heteroatoms. The number of nitrogens with zero attached hydrogens (tertiary/aromatic N) is 1. The third-order valence-electron chi connectivity index (χ3n) is 2.41. The summed E-state index contributed by atoms with van der Waals surface area (Å²) in [5.41, 5.74) is 2.29. The molecule has 0 amide bonds. The van der Waals surface area contributed by atoms with E-state index in [9.17, 15) is 27.9 Å².